The summed E-state index contributed by atoms with van der Waals surface area (Å²) in [5, 5.41) is 3.87. The van der Waals surface area contributed by atoms with Crippen molar-refractivity contribution in [1.29, 1.82) is 0 Å². The van der Waals surface area contributed by atoms with Crippen LogP contribution in [0.15, 0.2) is 30.3 Å². The molecule has 112 valence electrons. The summed E-state index contributed by atoms with van der Waals surface area (Å²) in [5.41, 5.74) is 3.97. The van der Waals surface area contributed by atoms with E-state index in [4.69, 9.17) is 11.6 Å². The Morgan fingerprint density at radius 1 is 1.05 bits per heavy atom. The van der Waals surface area contributed by atoms with E-state index in [1.54, 1.807) is 6.07 Å². The third-order valence-corrected chi connectivity index (χ3v) is 4.09. The van der Waals surface area contributed by atoms with Gasteiger partial charge in [0, 0.05) is 11.1 Å². The van der Waals surface area contributed by atoms with Crippen LogP contribution >= 0.6 is 11.6 Å². The molecule has 2 aromatic rings. The lowest BCUT2D eigenvalue weighted by Crippen LogP contribution is -2.19. The van der Waals surface area contributed by atoms with Crippen molar-refractivity contribution in [3.05, 3.63) is 69.2 Å². The summed E-state index contributed by atoms with van der Waals surface area (Å²) >= 11 is 6.32. The Kier molecular flexibility index (Phi) is 4.96. The first-order chi connectivity index (χ1) is 9.92. The van der Waals surface area contributed by atoms with E-state index < -0.39 is 11.6 Å². The third-order valence-electron chi connectivity index (χ3n) is 3.76. The summed E-state index contributed by atoms with van der Waals surface area (Å²) in [6.07, 6.45) is 0.538. The van der Waals surface area contributed by atoms with Crippen LogP contribution in [0.2, 0.25) is 5.02 Å². The average Bonchev–Trinajstić information content (AvgIpc) is 2.44. The molecular formula is C17H18ClF2N. The van der Waals surface area contributed by atoms with Gasteiger partial charge < -0.3 is 5.32 Å². The van der Waals surface area contributed by atoms with Gasteiger partial charge in [0.2, 0.25) is 0 Å². The first-order valence-electron chi connectivity index (χ1n) is 6.80. The van der Waals surface area contributed by atoms with Crippen LogP contribution in [0.5, 0.6) is 0 Å². The number of halogens is 3. The minimum absolute atomic E-state index is 0.0540. The van der Waals surface area contributed by atoms with Crippen molar-refractivity contribution < 1.29 is 8.78 Å². The molecule has 0 aromatic heterocycles. The molecule has 2 rings (SSSR count). The molecule has 2 aromatic carbocycles. The second-order valence-electron chi connectivity index (χ2n) is 5.25. The van der Waals surface area contributed by atoms with Gasteiger partial charge in [-0.1, -0.05) is 23.7 Å². The van der Waals surface area contributed by atoms with Crippen molar-refractivity contribution in [2.75, 3.05) is 7.05 Å². The van der Waals surface area contributed by atoms with E-state index in [-0.39, 0.29) is 6.04 Å². The fourth-order valence-corrected chi connectivity index (χ4v) is 2.69. The number of hydrogen-bond donors (Lipinski definition) is 1. The van der Waals surface area contributed by atoms with Crippen LogP contribution in [0, 0.1) is 25.5 Å². The van der Waals surface area contributed by atoms with Gasteiger partial charge in [0.05, 0.1) is 0 Å². The number of aryl methyl sites for hydroxylation is 2. The molecule has 0 heterocycles. The Bertz CT molecular complexity index is 655. The van der Waals surface area contributed by atoms with E-state index in [9.17, 15) is 8.78 Å². The van der Waals surface area contributed by atoms with Crippen LogP contribution < -0.4 is 5.32 Å². The zero-order valence-corrected chi connectivity index (χ0v) is 13.1. The van der Waals surface area contributed by atoms with Gasteiger partial charge in [-0.2, -0.15) is 0 Å². The molecule has 0 bridgehead atoms. The maximum absolute atomic E-state index is 13.3. The molecule has 0 radical (unpaired) electrons. The van der Waals surface area contributed by atoms with E-state index in [2.05, 4.69) is 5.32 Å². The topological polar surface area (TPSA) is 12.0 Å². The highest BCUT2D eigenvalue weighted by Crippen LogP contribution is 2.28. The summed E-state index contributed by atoms with van der Waals surface area (Å²) in [6, 6.07) is 7.90. The molecular weight excluding hydrogens is 292 g/mol. The fraction of sp³-hybridized carbons (Fsp3) is 0.294. The van der Waals surface area contributed by atoms with E-state index in [1.807, 2.05) is 33.0 Å². The molecule has 0 spiro atoms. The maximum Gasteiger partial charge on any atom is 0.159 e. The Labute approximate surface area is 128 Å². The Morgan fingerprint density at radius 2 is 1.71 bits per heavy atom. The first-order valence-corrected chi connectivity index (χ1v) is 7.18. The molecule has 0 saturated carbocycles. The number of likely N-dealkylation sites (N-methyl/N-ethyl adjacent to an activating group) is 1. The quantitative estimate of drug-likeness (QED) is 0.860. The standard InChI is InChI=1S/C17H18ClF2N/c1-10-6-13(14(18)7-11(10)2)17(21-3)9-12-4-5-15(19)16(20)8-12/h4-8,17,21H,9H2,1-3H3. The molecule has 0 saturated heterocycles. The molecule has 1 atom stereocenters. The van der Waals surface area contributed by atoms with Crippen LogP contribution in [-0.2, 0) is 6.42 Å². The third kappa shape index (κ3) is 3.60. The van der Waals surface area contributed by atoms with Crippen molar-refractivity contribution in [3.63, 3.8) is 0 Å². The van der Waals surface area contributed by atoms with Crippen LogP contribution in [-0.4, -0.2) is 7.05 Å². The van der Waals surface area contributed by atoms with Gasteiger partial charge >= 0.3 is 0 Å². The molecule has 0 aliphatic rings. The van der Waals surface area contributed by atoms with Gasteiger partial charge in [0.15, 0.2) is 11.6 Å². The zero-order valence-electron chi connectivity index (χ0n) is 12.3. The molecule has 0 aliphatic carbocycles. The summed E-state index contributed by atoms with van der Waals surface area (Å²) in [5.74, 6) is -1.66. The number of rotatable bonds is 4. The second-order valence-corrected chi connectivity index (χ2v) is 5.66. The molecule has 4 heteroatoms. The van der Waals surface area contributed by atoms with Crippen molar-refractivity contribution in [3.8, 4) is 0 Å². The fourth-order valence-electron chi connectivity index (χ4n) is 2.34. The normalized spacial score (nSPS) is 12.5. The van der Waals surface area contributed by atoms with Crippen molar-refractivity contribution in [2.24, 2.45) is 0 Å². The molecule has 0 aliphatic heterocycles. The van der Waals surface area contributed by atoms with E-state index in [1.165, 1.54) is 6.07 Å². The predicted octanol–water partition coefficient (Wildman–Crippen LogP) is 4.74. The highest BCUT2D eigenvalue weighted by atomic mass is 35.5. The molecule has 21 heavy (non-hydrogen) atoms. The van der Waals surface area contributed by atoms with Gasteiger partial charge in [-0.25, -0.2) is 8.78 Å². The SMILES string of the molecule is CNC(Cc1ccc(F)c(F)c1)c1cc(C)c(C)cc1Cl. The Balaban J connectivity index is 2.31. The van der Waals surface area contributed by atoms with Crippen LogP contribution in [0.25, 0.3) is 0 Å². The zero-order chi connectivity index (χ0) is 15.6. The lowest BCUT2D eigenvalue weighted by Gasteiger charge is -2.20. The van der Waals surface area contributed by atoms with Gasteiger partial charge in [0.1, 0.15) is 0 Å². The van der Waals surface area contributed by atoms with E-state index in [0.29, 0.717) is 11.4 Å². The van der Waals surface area contributed by atoms with Gasteiger partial charge in [0.25, 0.3) is 0 Å². The monoisotopic (exact) mass is 309 g/mol. The summed E-state index contributed by atoms with van der Waals surface area (Å²) in [7, 11) is 1.83. The highest BCUT2D eigenvalue weighted by molar-refractivity contribution is 6.31. The largest absolute Gasteiger partial charge is 0.313 e. The van der Waals surface area contributed by atoms with Crippen molar-refractivity contribution in [1.82, 2.24) is 5.32 Å². The highest BCUT2D eigenvalue weighted by Gasteiger charge is 2.16. The van der Waals surface area contributed by atoms with Gasteiger partial charge in [-0.3, -0.25) is 0 Å². The number of benzene rings is 2. The van der Waals surface area contributed by atoms with Gasteiger partial charge in [-0.05, 0) is 67.8 Å². The second kappa shape index (κ2) is 6.54. The number of hydrogen-bond acceptors (Lipinski definition) is 1. The smallest absolute Gasteiger partial charge is 0.159 e. The summed E-state index contributed by atoms with van der Waals surface area (Å²) < 4.78 is 26.3. The van der Waals surface area contributed by atoms with Crippen LogP contribution in [0.3, 0.4) is 0 Å². The Morgan fingerprint density at radius 3 is 2.33 bits per heavy atom. The molecule has 0 fully saturated rings. The lowest BCUT2D eigenvalue weighted by atomic mass is 9.96. The molecule has 1 N–H and O–H groups in total. The van der Waals surface area contributed by atoms with Crippen molar-refractivity contribution >= 4 is 11.6 Å². The molecule has 0 amide bonds. The lowest BCUT2D eigenvalue weighted by molar-refractivity contribution is 0.504. The first kappa shape index (κ1) is 15.9. The summed E-state index contributed by atoms with van der Waals surface area (Å²) in [6.45, 7) is 4.04. The van der Waals surface area contributed by atoms with Crippen molar-refractivity contribution in [2.45, 2.75) is 26.3 Å². The maximum atomic E-state index is 13.3. The van der Waals surface area contributed by atoms with Crippen LogP contribution in [0.4, 0.5) is 8.78 Å². The minimum atomic E-state index is -0.830. The molecule has 1 unspecified atom stereocenters. The number of nitrogens with one attached hydrogen (secondary N) is 1. The van der Waals surface area contributed by atoms with E-state index in [0.717, 1.165) is 28.3 Å². The van der Waals surface area contributed by atoms with E-state index >= 15 is 0 Å². The van der Waals surface area contributed by atoms with Crippen LogP contribution in [0.1, 0.15) is 28.3 Å². The average molecular weight is 310 g/mol. The predicted molar refractivity (Wildman–Crippen MR) is 82.8 cm³/mol. The molecule has 1 nitrogen and oxygen atoms in total. The van der Waals surface area contributed by atoms with Gasteiger partial charge in [-0.15, -0.1) is 0 Å². The Hall–Kier alpha value is -1.45. The minimum Gasteiger partial charge on any atom is -0.313 e. The summed E-state index contributed by atoms with van der Waals surface area (Å²) in [4.78, 5) is 0.